The maximum absolute atomic E-state index is 13.6. The number of aromatic amines is 1. The van der Waals surface area contributed by atoms with Crippen molar-refractivity contribution in [1.82, 2.24) is 24.5 Å². The molecular formula is C29H35N7O7. The molecule has 1 aliphatic heterocycles. The number of phenols is 1. The van der Waals surface area contributed by atoms with E-state index in [9.17, 15) is 34.2 Å². The SMILES string of the molecule is CCC(Nc1c(Nc2cccc(C(=O)N3CCN(C(=O)N(C)C)CC3C(=O)O)c2O)c(=O)[nH]n(C)c1=O)c1ccccc1. The van der Waals surface area contributed by atoms with Gasteiger partial charge in [-0.1, -0.05) is 43.3 Å². The van der Waals surface area contributed by atoms with Crippen LogP contribution in [0.25, 0.3) is 0 Å². The maximum Gasteiger partial charge on any atom is 0.328 e. The number of H-pyrrole nitrogens is 1. The number of aromatic nitrogens is 2. The van der Waals surface area contributed by atoms with Crippen molar-refractivity contribution in [3.63, 3.8) is 0 Å². The minimum absolute atomic E-state index is 0.0364. The first-order chi connectivity index (χ1) is 20.4. The van der Waals surface area contributed by atoms with Crippen molar-refractivity contribution in [3.05, 3.63) is 80.4 Å². The van der Waals surface area contributed by atoms with Crippen molar-refractivity contribution >= 4 is 35.0 Å². The lowest BCUT2D eigenvalue weighted by Gasteiger charge is -2.40. The van der Waals surface area contributed by atoms with Gasteiger partial charge in [0.25, 0.3) is 17.0 Å². The predicted octanol–water partition coefficient (Wildman–Crippen LogP) is 1.98. The third-order valence-electron chi connectivity index (χ3n) is 7.30. The number of para-hydroxylation sites is 1. The van der Waals surface area contributed by atoms with E-state index < -0.39 is 34.8 Å². The van der Waals surface area contributed by atoms with Crippen molar-refractivity contribution in [2.45, 2.75) is 25.4 Å². The van der Waals surface area contributed by atoms with Crippen molar-refractivity contribution in [1.29, 1.82) is 0 Å². The topological polar surface area (TPSA) is 180 Å². The molecule has 1 aliphatic rings. The number of carbonyl (C=O) groups excluding carboxylic acids is 2. The van der Waals surface area contributed by atoms with Crippen LogP contribution >= 0.6 is 0 Å². The highest BCUT2D eigenvalue weighted by Crippen LogP contribution is 2.33. The second-order valence-electron chi connectivity index (χ2n) is 10.4. The number of hydrogen-bond donors (Lipinski definition) is 5. The van der Waals surface area contributed by atoms with Gasteiger partial charge in [-0.05, 0) is 24.1 Å². The first kappa shape index (κ1) is 30.7. The second-order valence-corrected chi connectivity index (χ2v) is 10.4. The smallest absolute Gasteiger partial charge is 0.328 e. The Balaban J connectivity index is 1.67. The fraction of sp³-hybridized carbons (Fsp3) is 0.345. The number of amides is 3. The van der Waals surface area contributed by atoms with Crippen LogP contribution < -0.4 is 21.8 Å². The number of carboxylic acid groups (broad SMARTS) is 1. The molecule has 14 heteroatoms. The van der Waals surface area contributed by atoms with Gasteiger partial charge in [0.05, 0.1) is 23.8 Å². The van der Waals surface area contributed by atoms with Crippen LogP contribution in [0.3, 0.4) is 0 Å². The van der Waals surface area contributed by atoms with E-state index in [-0.39, 0.29) is 54.3 Å². The molecule has 2 unspecified atom stereocenters. The zero-order valence-electron chi connectivity index (χ0n) is 24.3. The number of benzene rings is 2. The Morgan fingerprint density at radius 1 is 1.05 bits per heavy atom. The standard InChI is InChI=1S/C29H35N7O7/c1-5-19(17-10-7-6-8-11-17)30-23-22(25(38)32-34(4)27(23)40)31-20-13-9-12-18(24(20)37)26(39)36-15-14-35(29(43)33(2)3)16-21(36)28(41)42/h6-13,19,21,30-31,37H,5,14-16H2,1-4H3,(H,32,38)(H,41,42). The summed E-state index contributed by atoms with van der Waals surface area (Å²) in [6, 6.07) is 11.6. The summed E-state index contributed by atoms with van der Waals surface area (Å²) in [5.74, 6) is -2.61. The van der Waals surface area contributed by atoms with E-state index in [1.165, 1.54) is 35.0 Å². The van der Waals surface area contributed by atoms with Crippen LogP contribution in [0.4, 0.5) is 21.9 Å². The fourth-order valence-electron chi connectivity index (χ4n) is 4.98. The lowest BCUT2D eigenvalue weighted by atomic mass is 10.0. The normalized spacial score (nSPS) is 15.5. The number of carbonyl (C=O) groups is 3. The molecule has 4 rings (SSSR count). The van der Waals surface area contributed by atoms with Crippen LogP contribution in [0.2, 0.25) is 0 Å². The van der Waals surface area contributed by atoms with Gasteiger partial charge in [0, 0.05) is 34.2 Å². The number of phenolic OH excluding ortho intramolecular Hbond substituents is 1. The summed E-state index contributed by atoms with van der Waals surface area (Å²) >= 11 is 0. The molecule has 5 N–H and O–H groups in total. The molecule has 2 aromatic carbocycles. The molecule has 3 aromatic rings. The summed E-state index contributed by atoms with van der Waals surface area (Å²) in [4.78, 5) is 68.0. The minimum atomic E-state index is -1.35. The molecule has 2 atom stereocenters. The van der Waals surface area contributed by atoms with Gasteiger partial charge >= 0.3 is 12.0 Å². The number of carboxylic acids is 1. The molecule has 0 spiro atoms. The van der Waals surface area contributed by atoms with Crippen LogP contribution in [0.1, 0.15) is 35.3 Å². The molecule has 0 aliphatic carbocycles. The molecule has 1 aromatic heterocycles. The Morgan fingerprint density at radius 3 is 2.37 bits per heavy atom. The van der Waals surface area contributed by atoms with E-state index in [1.54, 1.807) is 14.1 Å². The zero-order valence-corrected chi connectivity index (χ0v) is 24.3. The summed E-state index contributed by atoms with van der Waals surface area (Å²) in [5, 5.41) is 29.4. The molecule has 43 heavy (non-hydrogen) atoms. The van der Waals surface area contributed by atoms with E-state index in [0.29, 0.717) is 6.42 Å². The number of piperazine rings is 1. The highest BCUT2D eigenvalue weighted by molar-refractivity contribution is 6.01. The van der Waals surface area contributed by atoms with Crippen LogP contribution in [0, 0.1) is 0 Å². The average molecular weight is 594 g/mol. The predicted molar refractivity (Wildman–Crippen MR) is 160 cm³/mol. The second kappa shape index (κ2) is 12.7. The van der Waals surface area contributed by atoms with Crippen LogP contribution in [0.5, 0.6) is 5.75 Å². The van der Waals surface area contributed by atoms with Gasteiger partial charge in [0.1, 0.15) is 17.4 Å². The molecule has 2 heterocycles. The maximum atomic E-state index is 13.6. The van der Waals surface area contributed by atoms with E-state index in [4.69, 9.17) is 0 Å². The quantitative estimate of drug-likeness (QED) is 0.244. The summed E-state index contributed by atoms with van der Waals surface area (Å²) in [6.45, 7) is 1.72. The summed E-state index contributed by atoms with van der Waals surface area (Å²) in [7, 11) is 4.50. The minimum Gasteiger partial charge on any atom is -0.505 e. The first-order valence-corrected chi connectivity index (χ1v) is 13.7. The zero-order chi connectivity index (χ0) is 31.4. The van der Waals surface area contributed by atoms with Gasteiger partial charge in [-0.15, -0.1) is 0 Å². The Labute approximate surface area is 247 Å². The van der Waals surface area contributed by atoms with Crippen molar-refractivity contribution in [3.8, 4) is 5.75 Å². The van der Waals surface area contributed by atoms with Gasteiger partial charge < -0.3 is 35.5 Å². The van der Waals surface area contributed by atoms with Crippen molar-refractivity contribution in [2.75, 3.05) is 44.4 Å². The van der Waals surface area contributed by atoms with E-state index in [1.807, 2.05) is 37.3 Å². The Morgan fingerprint density at radius 2 is 1.74 bits per heavy atom. The molecule has 1 fully saturated rings. The number of aromatic hydroxyl groups is 1. The third-order valence-corrected chi connectivity index (χ3v) is 7.30. The monoisotopic (exact) mass is 593 g/mol. The number of hydrogen-bond acceptors (Lipinski definition) is 8. The Bertz CT molecular complexity index is 1630. The lowest BCUT2D eigenvalue weighted by molar-refractivity contribution is -0.144. The van der Waals surface area contributed by atoms with Gasteiger partial charge in [0.15, 0.2) is 5.75 Å². The Hall–Kier alpha value is -5.27. The van der Waals surface area contributed by atoms with Gasteiger partial charge in [-0.25, -0.2) is 9.59 Å². The Kier molecular flexibility index (Phi) is 9.07. The summed E-state index contributed by atoms with van der Waals surface area (Å²) in [5.41, 5.74) is -0.756. The number of nitrogens with one attached hydrogen (secondary N) is 3. The van der Waals surface area contributed by atoms with E-state index >= 15 is 0 Å². The first-order valence-electron chi connectivity index (χ1n) is 13.7. The average Bonchev–Trinajstić information content (AvgIpc) is 2.99. The number of aliphatic carboxylic acids is 1. The number of urea groups is 1. The molecule has 0 saturated carbocycles. The van der Waals surface area contributed by atoms with Gasteiger partial charge in [-0.2, -0.15) is 0 Å². The summed E-state index contributed by atoms with van der Waals surface area (Å²) in [6.07, 6.45) is 0.590. The number of rotatable bonds is 8. The van der Waals surface area contributed by atoms with Gasteiger partial charge in [-0.3, -0.25) is 24.2 Å². The summed E-state index contributed by atoms with van der Waals surface area (Å²) < 4.78 is 1.04. The largest absolute Gasteiger partial charge is 0.505 e. The van der Waals surface area contributed by atoms with Crippen LogP contribution in [-0.4, -0.2) is 92.4 Å². The molecule has 0 radical (unpaired) electrons. The number of aryl methyl sites for hydroxylation is 1. The number of anilines is 3. The van der Waals surface area contributed by atoms with Crippen molar-refractivity contribution < 1.29 is 24.6 Å². The fourth-order valence-corrected chi connectivity index (χ4v) is 4.98. The molecule has 228 valence electrons. The highest BCUT2D eigenvalue weighted by Gasteiger charge is 2.38. The number of nitrogens with zero attached hydrogens (tertiary/aromatic N) is 4. The van der Waals surface area contributed by atoms with Crippen LogP contribution in [0.15, 0.2) is 58.1 Å². The van der Waals surface area contributed by atoms with E-state index in [2.05, 4.69) is 15.7 Å². The third kappa shape index (κ3) is 6.32. The van der Waals surface area contributed by atoms with Gasteiger partial charge in [0.2, 0.25) is 0 Å². The molecule has 3 amide bonds. The molecule has 14 nitrogen and oxygen atoms in total. The lowest BCUT2D eigenvalue weighted by Crippen LogP contribution is -2.60. The van der Waals surface area contributed by atoms with E-state index in [0.717, 1.165) is 15.1 Å². The van der Waals surface area contributed by atoms with Crippen molar-refractivity contribution in [2.24, 2.45) is 7.05 Å². The molecule has 1 saturated heterocycles. The highest BCUT2D eigenvalue weighted by atomic mass is 16.4. The molecule has 0 bridgehead atoms. The van der Waals surface area contributed by atoms with Crippen LogP contribution in [-0.2, 0) is 11.8 Å². The molecular weight excluding hydrogens is 558 g/mol.